The van der Waals surface area contributed by atoms with Crippen LogP contribution < -0.4 is 0 Å². The Morgan fingerprint density at radius 2 is 0.761 bits per heavy atom. The molecule has 498 valence electrons. The molecule has 8 aromatic heterocycles. The van der Waals surface area contributed by atoms with Crippen LogP contribution in [0.3, 0.4) is 0 Å². The Kier molecular flexibility index (Phi) is 30.2. The quantitative estimate of drug-likeness (QED) is 0.0282. The van der Waals surface area contributed by atoms with Crippen molar-refractivity contribution in [3.05, 3.63) is 105 Å². The molecule has 0 spiro atoms. The Morgan fingerprint density at radius 3 is 1.21 bits per heavy atom. The van der Waals surface area contributed by atoms with Gasteiger partial charge in [-0.25, -0.2) is 13.6 Å². The molecule has 9 rings (SSSR count). The Labute approximate surface area is 583 Å². The molecule has 2 unspecified atom stereocenters. The number of thiophene rings is 7. The molecule has 0 aliphatic heterocycles. The van der Waals surface area contributed by atoms with E-state index in [0.29, 0.717) is 33.3 Å². The van der Waals surface area contributed by atoms with Crippen LogP contribution in [-0.4, -0.2) is 21.8 Å². The van der Waals surface area contributed by atoms with E-state index in [9.17, 15) is 4.79 Å². The minimum Gasteiger partial charge on any atom is -0.465 e. The molecular weight excluding hydrogens is 1290 g/mol. The van der Waals surface area contributed by atoms with Crippen molar-refractivity contribution in [2.24, 2.45) is 11.8 Å². The topological polar surface area (TPSA) is 52.1 Å². The van der Waals surface area contributed by atoms with Crippen molar-refractivity contribution in [3.8, 4) is 69.7 Å². The normalized spacial score (nSPS) is 12.5. The summed E-state index contributed by atoms with van der Waals surface area (Å²) in [5.41, 5.74) is 4.49. The number of unbranched alkanes of at least 4 members (excludes halogenated alkanes) is 24. The van der Waals surface area contributed by atoms with Crippen molar-refractivity contribution in [1.82, 2.24) is 8.75 Å². The summed E-state index contributed by atoms with van der Waals surface area (Å²) in [6, 6.07) is 23.8. The molecule has 0 fully saturated rings. The number of fused-ring (bicyclic) bond motifs is 1. The number of benzene rings is 1. The molecule has 0 bridgehead atoms. The Hall–Kier alpha value is -3.73. The average molecular weight is 1390 g/mol. The second-order valence-corrected chi connectivity index (χ2v) is 34.5. The lowest BCUT2D eigenvalue weighted by molar-refractivity contribution is 0.0602. The molecular formula is C78H102F2N2O2S8. The van der Waals surface area contributed by atoms with Crippen molar-refractivity contribution in [2.45, 2.75) is 260 Å². The first kappa shape index (κ1) is 72.5. The van der Waals surface area contributed by atoms with Crippen LogP contribution in [0.25, 0.3) is 80.7 Å². The number of aryl methyl sites for hydroxylation is 2. The zero-order valence-corrected chi connectivity index (χ0v) is 62.8. The number of halogens is 2. The number of carbonyl (C=O) groups is 1. The van der Waals surface area contributed by atoms with Crippen LogP contribution in [0, 0.1) is 37.3 Å². The van der Waals surface area contributed by atoms with E-state index < -0.39 is 11.6 Å². The highest BCUT2D eigenvalue weighted by atomic mass is 32.1. The number of methoxy groups -OCH3 is 1. The van der Waals surface area contributed by atoms with Gasteiger partial charge >= 0.3 is 5.97 Å². The van der Waals surface area contributed by atoms with Crippen LogP contribution in [0.4, 0.5) is 8.78 Å². The number of carbonyl (C=O) groups excluding carboxylic acids is 1. The van der Waals surface area contributed by atoms with Crippen LogP contribution >= 0.6 is 91.1 Å². The van der Waals surface area contributed by atoms with Gasteiger partial charge in [0.05, 0.1) is 40.4 Å². The van der Waals surface area contributed by atoms with E-state index in [1.54, 1.807) is 79.4 Å². The SMILES string of the molecule is CCCCCCCCCCC(CCCCCCCC)Cc1cc(-c2c(F)c(F)c(-c3cc(CC(CCCCCCCC)CCCCCCCCCC)c(-c4ccc(-c5ccc(-c6cc(C(=O)OC)c(-c7ccc(-c8ccc(C)s8)s7)s6)s5)s4)s3)c3nsnc23)sc1C. The highest BCUT2D eigenvalue weighted by Gasteiger charge is 2.30. The Balaban J connectivity index is 1.02. The molecule has 9 aromatic rings. The Morgan fingerprint density at radius 1 is 0.402 bits per heavy atom. The van der Waals surface area contributed by atoms with Gasteiger partial charge in [0, 0.05) is 63.4 Å². The van der Waals surface area contributed by atoms with Crippen molar-refractivity contribution >= 4 is 108 Å². The molecule has 0 radical (unpaired) electrons. The highest BCUT2D eigenvalue weighted by Crippen LogP contribution is 2.51. The van der Waals surface area contributed by atoms with Gasteiger partial charge in [0.1, 0.15) is 11.0 Å². The second-order valence-electron chi connectivity index (χ2n) is 26.0. The van der Waals surface area contributed by atoms with Gasteiger partial charge in [0.2, 0.25) is 0 Å². The summed E-state index contributed by atoms with van der Waals surface area (Å²) in [5, 5.41) is 0. The molecule has 8 heterocycles. The molecule has 4 nitrogen and oxygen atoms in total. The highest BCUT2D eigenvalue weighted by molar-refractivity contribution is 7.31. The lowest BCUT2D eigenvalue weighted by atomic mass is 9.88. The molecule has 14 heteroatoms. The third-order valence-corrected chi connectivity index (χ3v) is 27.8. The second kappa shape index (κ2) is 38.3. The van der Waals surface area contributed by atoms with E-state index in [0.717, 1.165) is 68.5 Å². The van der Waals surface area contributed by atoms with E-state index in [-0.39, 0.29) is 17.1 Å². The summed E-state index contributed by atoms with van der Waals surface area (Å²) in [6.45, 7) is 13.4. The number of nitrogens with zero attached hydrogens (tertiary/aromatic N) is 2. The van der Waals surface area contributed by atoms with Crippen LogP contribution in [0.1, 0.15) is 264 Å². The lowest BCUT2D eigenvalue weighted by Gasteiger charge is -2.17. The van der Waals surface area contributed by atoms with E-state index in [1.807, 2.05) is 6.07 Å². The lowest BCUT2D eigenvalue weighted by Crippen LogP contribution is -2.06. The Bertz CT molecular complexity index is 3640. The number of esters is 1. The third-order valence-electron chi connectivity index (χ3n) is 18.7. The predicted molar refractivity (Wildman–Crippen MR) is 406 cm³/mol. The molecule has 0 aliphatic rings. The van der Waals surface area contributed by atoms with Gasteiger partial charge in [0.25, 0.3) is 0 Å². The van der Waals surface area contributed by atoms with Crippen LogP contribution in [-0.2, 0) is 17.6 Å². The fraction of sp³-hybridized carbons (Fsp3) is 0.551. The maximum absolute atomic E-state index is 17.7. The molecule has 0 aliphatic carbocycles. The zero-order chi connectivity index (χ0) is 64.6. The van der Waals surface area contributed by atoms with Crippen molar-refractivity contribution in [3.63, 3.8) is 0 Å². The van der Waals surface area contributed by atoms with E-state index in [2.05, 4.69) is 102 Å². The number of ether oxygens (including phenoxy) is 1. The fourth-order valence-corrected chi connectivity index (χ4v) is 21.8. The number of hydrogen-bond acceptors (Lipinski definition) is 12. The maximum atomic E-state index is 17.7. The number of rotatable bonds is 44. The van der Waals surface area contributed by atoms with Gasteiger partial charge in [-0.3, -0.25) is 0 Å². The number of hydrogen-bond donors (Lipinski definition) is 0. The number of aromatic nitrogens is 2. The smallest absolute Gasteiger partial charge is 0.339 e. The average Bonchev–Trinajstić information content (AvgIpc) is 1.54. The minimum atomic E-state index is -0.826. The summed E-state index contributed by atoms with van der Waals surface area (Å²) < 4.78 is 50.3. The van der Waals surface area contributed by atoms with Crippen molar-refractivity contribution in [1.29, 1.82) is 0 Å². The molecule has 2 atom stereocenters. The molecule has 0 N–H and O–H groups in total. The first-order chi connectivity index (χ1) is 45.0. The monoisotopic (exact) mass is 1390 g/mol. The van der Waals surface area contributed by atoms with E-state index in [1.165, 1.54) is 243 Å². The van der Waals surface area contributed by atoms with Gasteiger partial charge in [-0.15, -0.1) is 79.4 Å². The summed E-state index contributed by atoms with van der Waals surface area (Å²) in [7, 11) is 1.46. The van der Waals surface area contributed by atoms with E-state index >= 15 is 8.78 Å². The van der Waals surface area contributed by atoms with Gasteiger partial charge in [-0.05, 0) is 116 Å². The summed E-state index contributed by atoms with van der Waals surface area (Å²) >= 11 is 12.9. The maximum Gasteiger partial charge on any atom is 0.339 e. The predicted octanol–water partition coefficient (Wildman–Crippen LogP) is 29.4. The van der Waals surface area contributed by atoms with Crippen LogP contribution in [0.5, 0.6) is 0 Å². The standard InChI is InChI=1S/C78H102F2N2O2S8/c1-8-12-16-20-24-26-30-34-37-55(36-32-28-22-18-14-10-3)48-57-50-68(86-54(57)6)70-72(79)73(80)71(75-74(70)81-92-82-75)69-51-58(49-56(38-33-29-23-19-15-11-4)39-35-31-27-25-21-17-13-9-2)76(91-69)65-46-44-63(88-65)62-42-43-64(87-62)67-52-59(78(83)84-7)77(90-67)66-47-45-61(89-66)60-41-40-53(5)85-60/h40-47,50-52,55-56H,8-39,48-49H2,1-7H3. The summed E-state index contributed by atoms with van der Waals surface area (Å²) in [5.74, 6) is -0.912. The van der Waals surface area contributed by atoms with E-state index in [4.69, 9.17) is 13.5 Å². The largest absolute Gasteiger partial charge is 0.465 e. The van der Waals surface area contributed by atoms with Crippen LogP contribution in [0.2, 0.25) is 0 Å². The van der Waals surface area contributed by atoms with Crippen molar-refractivity contribution in [2.75, 3.05) is 7.11 Å². The van der Waals surface area contributed by atoms with Gasteiger partial charge in [-0.1, -0.05) is 233 Å². The van der Waals surface area contributed by atoms with Gasteiger partial charge in [-0.2, -0.15) is 8.75 Å². The van der Waals surface area contributed by atoms with Crippen molar-refractivity contribution < 1.29 is 18.3 Å². The zero-order valence-electron chi connectivity index (χ0n) is 56.3. The first-order valence-corrected chi connectivity index (χ1v) is 41.9. The fourth-order valence-electron chi connectivity index (χ4n) is 13.3. The first-order valence-electron chi connectivity index (χ1n) is 35.5. The molecule has 0 amide bonds. The minimum absolute atomic E-state index is 0.239. The third kappa shape index (κ3) is 20.2. The van der Waals surface area contributed by atoms with Crippen LogP contribution in [0.15, 0.2) is 66.7 Å². The molecule has 92 heavy (non-hydrogen) atoms. The summed E-state index contributed by atoms with van der Waals surface area (Å²) in [4.78, 5) is 28.4. The molecule has 1 aromatic carbocycles. The van der Waals surface area contributed by atoms with Gasteiger partial charge < -0.3 is 4.74 Å². The molecule has 0 saturated heterocycles. The summed E-state index contributed by atoms with van der Waals surface area (Å²) in [6.07, 6.45) is 42.9. The van der Waals surface area contributed by atoms with Gasteiger partial charge in [0.15, 0.2) is 11.6 Å². The molecule has 0 saturated carbocycles.